The Balaban J connectivity index is 1.59. The SMILES string of the molecule is COc1ccc(C(=O)N(C2CC2)C2CC(C(=O)NCCN)N(C(=O)c3ccc(C)cc3)C2)cc1. The topological polar surface area (TPSA) is 105 Å². The van der Waals surface area contributed by atoms with Crippen molar-refractivity contribution in [1.29, 1.82) is 0 Å². The number of ether oxygens (including phenoxy) is 1. The van der Waals surface area contributed by atoms with E-state index in [0.29, 0.717) is 42.9 Å². The van der Waals surface area contributed by atoms with Crippen LogP contribution < -0.4 is 15.8 Å². The van der Waals surface area contributed by atoms with Crippen LogP contribution in [0.4, 0.5) is 0 Å². The summed E-state index contributed by atoms with van der Waals surface area (Å²) in [5, 5.41) is 2.82. The minimum atomic E-state index is -0.657. The van der Waals surface area contributed by atoms with Gasteiger partial charge in [0.05, 0.1) is 13.2 Å². The molecule has 8 nitrogen and oxygen atoms in total. The van der Waals surface area contributed by atoms with Gasteiger partial charge in [0.15, 0.2) is 0 Å². The summed E-state index contributed by atoms with van der Waals surface area (Å²) >= 11 is 0. The second-order valence-corrected chi connectivity index (χ2v) is 8.98. The normalized spacial score (nSPS) is 19.6. The molecule has 2 aliphatic rings. The van der Waals surface area contributed by atoms with Crippen molar-refractivity contribution in [1.82, 2.24) is 15.1 Å². The number of carbonyl (C=O) groups is 3. The van der Waals surface area contributed by atoms with Gasteiger partial charge in [0, 0.05) is 36.8 Å². The van der Waals surface area contributed by atoms with Gasteiger partial charge in [-0.1, -0.05) is 17.7 Å². The second kappa shape index (κ2) is 10.3. The Bertz CT molecular complexity index is 1030. The number of hydrogen-bond donors (Lipinski definition) is 2. The Morgan fingerprint density at radius 2 is 1.68 bits per heavy atom. The molecule has 1 heterocycles. The van der Waals surface area contributed by atoms with Crippen molar-refractivity contribution < 1.29 is 19.1 Å². The number of nitrogens with zero attached hydrogens (tertiary/aromatic N) is 2. The number of rotatable bonds is 8. The highest BCUT2D eigenvalue weighted by Crippen LogP contribution is 2.35. The lowest BCUT2D eigenvalue weighted by atomic mass is 10.1. The number of carbonyl (C=O) groups excluding carboxylic acids is 3. The first-order valence-corrected chi connectivity index (χ1v) is 11.7. The fourth-order valence-corrected chi connectivity index (χ4v) is 4.53. The highest BCUT2D eigenvalue weighted by atomic mass is 16.5. The van der Waals surface area contributed by atoms with Crippen molar-refractivity contribution in [2.45, 2.75) is 44.3 Å². The molecule has 0 bridgehead atoms. The van der Waals surface area contributed by atoms with Gasteiger partial charge in [-0.2, -0.15) is 0 Å². The molecule has 2 aromatic carbocycles. The molecule has 0 radical (unpaired) electrons. The van der Waals surface area contributed by atoms with Gasteiger partial charge in [-0.05, 0) is 62.6 Å². The molecule has 3 N–H and O–H groups in total. The van der Waals surface area contributed by atoms with Crippen LogP contribution in [0, 0.1) is 6.92 Å². The van der Waals surface area contributed by atoms with Crippen LogP contribution in [-0.4, -0.2) is 72.4 Å². The molecule has 8 heteroatoms. The summed E-state index contributed by atoms with van der Waals surface area (Å²) in [6.07, 6.45) is 2.25. The highest BCUT2D eigenvalue weighted by molar-refractivity contribution is 5.99. The number of amides is 3. The van der Waals surface area contributed by atoms with Crippen LogP contribution in [0.1, 0.15) is 45.5 Å². The summed E-state index contributed by atoms with van der Waals surface area (Å²) in [5.41, 5.74) is 7.72. The smallest absolute Gasteiger partial charge is 0.254 e. The van der Waals surface area contributed by atoms with Gasteiger partial charge in [-0.25, -0.2) is 0 Å². The minimum absolute atomic E-state index is 0.0825. The predicted octanol–water partition coefficient (Wildman–Crippen LogP) is 1.97. The zero-order chi connectivity index (χ0) is 24.2. The molecule has 2 atom stereocenters. The summed E-state index contributed by atoms with van der Waals surface area (Å²) in [6, 6.07) is 13.6. The lowest BCUT2D eigenvalue weighted by Crippen LogP contribution is -2.47. The maximum Gasteiger partial charge on any atom is 0.254 e. The standard InChI is InChI=1S/C26H32N4O4/c1-17-3-5-18(6-4-17)25(32)29-16-21(15-23(29)24(31)28-14-13-27)30(20-9-10-20)26(33)19-7-11-22(34-2)12-8-19/h3-8,11-12,20-21,23H,9-10,13-16,27H2,1-2H3,(H,28,31). The Morgan fingerprint density at radius 1 is 1.03 bits per heavy atom. The molecule has 3 amide bonds. The van der Waals surface area contributed by atoms with Crippen molar-refractivity contribution >= 4 is 17.7 Å². The van der Waals surface area contributed by atoms with Crippen LogP contribution in [0.2, 0.25) is 0 Å². The van der Waals surface area contributed by atoms with Crippen molar-refractivity contribution in [3.63, 3.8) is 0 Å². The van der Waals surface area contributed by atoms with E-state index in [9.17, 15) is 14.4 Å². The number of hydrogen-bond acceptors (Lipinski definition) is 5. The largest absolute Gasteiger partial charge is 0.497 e. The number of aryl methyl sites for hydroxylation is 1. The Labute approximate surface area is 200 Å². The third-order valence-corrected chi connectivity index (χ3v) is 6.49. The van der Waals surface area contributed by atoms with E-state index in [1.807, 2.05) is 24.0 Å². The van der Waals surface area contributed by atoms with Gasteiger partial charge in [0.25, 0.3) is 11.8 Å². The van der Waals surface area contributed by atoms with E-state index in [1.165, 1.54) is 0 Å². The van der Waals surface area contributed by atoms with Crippen molar-refractivity contribution in [3.8, 4) is 5.75 Å². The quantitative estimate of drug-likeness (QED) is 0.622. The lowest BCUT2D eigenvalue weighted by molar-refractivity contribution is -0.124. The number of nitrogens with two attached hydrogens (primary N) is 1. The van der Waals surface area contributed by atoms with Gasteiger partial charge >= 0.3 is 0 Å². The number of methoxy groups -OCH3 is 1. The van der Waals surface area contributed by atoms with Gasteiger partial charge in [-0.3, -0.25) is 14.4 Å². The summed E-state index contributed by atoms with van der Waals surface area (Å²) in [4.78, 5) is 43.4. The van der Waals surface area contributed by atoms with Crippen molar-refractivity contribution in [2.24, 2.45) is 5.73 Å². The third kappa shape index (κ3) is 5.07. The summed E-state index contributed by atoms with van der Waals surface area (Å²) in [5.74, 6) is 0.159. The van der Waals surface area contributed by atoms with Crippen LogP contribution in [0.5, 0.6) is 5.75 Å². The van der Waals surface area contributed by atoms with Crippen LogP contribution in [-0.2, 0) is 4.79 Å². The van der Waals surface area contributed by atoms with E-state index >= 15 is 0 Å². The molecule has 4 rings (SSSR count). The molecule has 0 spiro atoms. The first-order valence-electron chi connectivity index (χ1n) is 11.7. The molecule has 1 saturated heterocycles. The molecule has 2 fully saturated rings. The minimum Gasteiger partial charge on any atom is -0.497 e. The van der Waals surface area contributed by atoms with Gasteiger partial charge < -0.3 is 25.6 Å². The number of likely N-dealkylation sites (tertiary alicyclic amines) is 1. The Kier molecular flexibility index (Phi) is 7.17. The molecule has 0 aromatic heterocycles. The molecule has 34 heavy (non-hydrogen) atoms. The monoisotopic (exact) mass is 464 g/mol. The summed E-state index contributed by atoms with van der Waals surface area (Å²) in [7, 11) is 1.58. The zero-order valence-corrected chi connectivity index (χ0v) is 19.7. The fraction of sp³-hybridized carbons (Fsp3) is 0.423. The molecule has 1 aliphatic carbocycles. The first-order chi connectivity index (χ1) is 16.4. The molecular formula is C26H32N4O4. The molecule has 2 aromatic rings. The molecule has 2 unspecified atom stereocenters. The molecule has 180 valence electrons. The average molecular weight is 465 g/mol. The van der Waals surface area contributed by atoms with Gasteiger partial charge in [0.1, 0.15) is 11.8 Å². The highest BCUT2D eigenvalue weighted by Gasteiger charge is 2.47. The molecule has 1 aliphatic heterocycles. The third-order valence-electron chi connectivity index (χ3n) is 6.49. The van der Waals surface area contributed by atoms with Crippen LogP contribution in [0.25, 0.3) is 0 Å². The van der Waals surface area contributed by atoms with E-state index in [2.05, 4.69) is 5.32 Å². The molecule has 1 saturated carbocycles. The van der Waals surface area contributed by atoms with E-state index in [4.69, 9.17) is 10.5 Å². The summed E-state index contributed by atoms with van der Waals surface area (Å²) in [6.45, 7) is 2.93. The van der Waals surface area contributed by atoms with Crippen molar-refractivity contribution in [3.05, 3.63) is 65.2 Å². The van der Waals surface area contributed by atoms with Crippen molar-refractivity contribution in [2.75, 3.05) is 26.7 Å². The Morgan fingerprint density at radius 3 is 2.26 bits per heavy atom. The van der Waals surface area contributed by atoms with Gasteiger partial charge in [0.2, 0.25) is 5.91 Å². The van der Waals surface area contributed by atoms with E-state index < -0.39 is 6.04 Å². The lowest BCUT2D eigenvalue weighted by Gasteiger charge is -2.29. The predicted molar refractivity (Wildman–Crippen MR) is 129 cm³/mol. The van der Waals surface area contributed by atoms with Gasteiger partial charge in [-0.15, -0.1) is 0 Å². The zero-order valence-electron chi connectivity index (χ0n) is 19.7. The van der Waals surface area contributed by atoms with Crippen LogP contribution in [0.15, 0.2) is 48.5 Å². The number of benzene rings is 2. The van der Waals surface area contributed by atoms with E-state index in [-0.39, 0.29) is 29.8 Å². The maximum atomic E-state index is 13.5. The first kappa shape index (κ1) is 23.8. The Hall–Kier alpha value is -3.39. The average Bonchev–Trinajstić information content (AvgIpc) is 3.60. The van der Waals surface area contributed by atoms with Crippen LogP contribution >= 0.6 is 0 Å². The van der Waals surface area contributed by atoms with E-state index in [1.54, 1.807) is 48.4 Å². The number of nitrogens with one attached hydrogen (secondary N) is 1. The molecular weight excluding hydrogens is 432 g/mol. The maximum absolute atomic E-state index is 13.5. The van der Waals surface area contributed by atoms with Crippen LogP contribution in [0.3, 0.4) is 0 Å². The summed E-state index contributed by atoms with van der Waals surface area (Å²) < 4.78 is 5.21. The fourth-order valence-electron chi connectivity index (χ4n) is 4.53. The second-order valence-electron chi connectivity index (χ2n) is 8.98. The van der Waals surface area contributed by atoms with E-state index in [0.717, 1.165) is 18.4 Å².